The van der Waals surface area contributed by atoms with Crippen molar-refractivity contribution in [2.24, 2.45) is 0 Å². The molecule has 0 bridgehead atoms. The van der Waals surface area contributed by atoms with E-state index in [1.165, 1.54) is 30.6 Å². The number of ether oxygens (including phenoxy) is 1. The van der Waals surface area contributed by atoms with Gasteiger partial charge in [0.05, 0.1) is 11.3 Å². The summed E-state index contributed by atoms with van der Waals surface area (Å²) in [6.07, 6.45) is -3.46. The van der Waals surface area contributed by atoms with Crippen LogP contribution in [0.1, 0.15) is 6.42 Å². The summed E-state index contributed by atoms with van der Waals surface area (Å²) in [6.45, 7) is 0.696. The van der Waals surface area contributed by atoms with Crippen LogP contribution in [0.2, 0.25) is 0 Å². The topological polar surface area (TPSA) is 118 Å². The Hall–Kier alpha value is -3.44. The van der Waals surface area contributed by atoms with Gasteiger partial charge in [-0.1, -0.05) is 0 Å². The second kappa shape index (κ2) is 12.4. The van der Waals surface area contributed by atoms with E-state index in [4.69, 9.17) is 4.74 Å². The smallest absolute Gasteiger partial charge is 0.404 e. The Balaban J connectivity index is 0.00000441. The molecule has 40 heavy (non-hydrogen) atoms. The van der Waals surface area contributed by atoms with Gasteiger partial charge in [0.15, 0.2) is 23.1 Å². The molecule has 0 amide bonds. The van der Waals surface area contributed by atoms with E-state index in [0.717, 1.165) is 4.72 Å². The molecule has 1 saturated heterocycles. The van der Waals surface area contributed by atoms with Gasteiger partial charge in [-0.05, 0) is 18.2 Å². The van der Waals surface area contributed by atoms with Gasteiger partial charge in [0, 0.05) is 44.0 Å². The third-order valence-electron chi connectivity index (χ3n) is 5.28. The number of anilines is 2. The SMILES string of the molecule is Cl.O=S(=O)(CC(F)(F)F)Nc1c(F)cc(Oc2ncccc2-c2ccnc(N[C@@H]3CNC[C@@H](F)C3)n2)c(F)c1F. The summed E-state index contributed by atoms with van der Waals surface area (Å²) in [5, 5.41) is 5.90. The van der Waals surface area contributed by atoms with Gasteiger partial charge in [0.25, 0.3) is 0 Å². The number of aromatic nitrogens is 3. The van der Waals surface area contributed by atoms with Gasteiger partial charge >= 0.3 is 6.18 Å². The Kier molecular flexibility index (Phi) is 9.63. The first kappa shape index (κ1) is 31.1. The molecule has 1 aliphatic heterocycles. The number of nitrogens with one attached hydrogen (secondary N) is 3. The molecule has 18 heteroatoms. The zero-order valence-corrected chi connectivity index (χ0v) is 21.6. The van der Waals surface area contributed by atoms with Gasteiger partial charge in [-0.3, -0.25) is 4.72 Å². The van der Waals surface area contributed by atoms with E-state index in [2.05, 4.69) is 25.6 Å². The fourth-order valence-corrected chi connectivity index (χ4v) is 4.68. The fourth-order valence-electron chi connectivity index (χ4n) is 3.68. The number of alkyl halides is 4. The molecule has 4 rings (SSSR count). The molecule has 2 atom stereocenters. The molecule has 218 valence electrons. The van der Waals surface area contributed by atoms with Crippen molar-refractivity contribution in [3.8, 4) is 22.9 Å². The van der Waals surface area contributed by atoms with Gasteiger partial charge in [-0.25, -0.2) is 36.5 Å². The molecule has 1 fully saturated rings. The lowest BCUT2D eigenvalue weighted by atomic mass is 10.1. The van der Waals surface area contributed by atoms with Gasteiger partial charge < -0.3 is 15.4 Å². The predicted molar refractivity (Wildman–Crippen MR) is 132 cm³/mol. The Bertz CT molecular complexity index is 1470. The van der Waals surface area contributed by atoms with E-state index in [1.54, 1.807) is 0 Å². The molecule has 2 aromatic heterocycles. The second-order valence-electron chi connectivity index (χ2n) is 8.39. The van der Waals surface area contributed by atoms with Crippen molar-refractivity contribution < 1.29 is 43.9 Å². The van der Waals surface area contributed by atoms with Crippen LogP contribution >= 0.6 is 12.4 Å². The van der Waals surface area contributed by atoms with Crippen molar-refractivity contribution in [1.29, 1.82) is 0 Å². The first-order valence-electron chi connectivity index (χ1n) is 11.1. The van der Waals surface area contributed by atoms with E-state index in [9.17, 15) is 39.2 Å². The number of sulfonamides is 1. The minimum Gasteiger partial charge on any atom is -0.435 e. The molecule has 0 radical (unpaired) electrons. The molecular formula is C22H20ClF7N6O3S. The van der Waals surface area contributed by atoms with Crippen molar-refractivity contribution in [2.45, 2.75) is 24.8 Å². The zero-order valence-electron chi connectivity index (χ0n) is 20.0. The van der Waals surface area contributed by atoms with Crippen LogP contribution < -0.4 is 20.1 Å². The maximum atomic E-state index is 14.7. The van der Waals surface area contributed by atoms with E-state index in [-0.39, 0.29) is 60.6 Å². The first-order valence-corrected chi connectivity index (χ1v) is 12.8. The molecule has 1 aromatic carbocycles. The minimum absolute atomic E-state index is 0. The molecule has 0 aliphatic carbocycles. The Morgan fingerprint density at radius 1 is 1.07 bits per heavy atom. The van der Waals surface area contributed by atoms with Crippen molar-refractivity contribution in [1.82, 2.24) is 20.3 Å². The standard InChI is InChI=1S/C22H19F7N6O3S.ClH/c23-11-6-12(9-30-8-11)33-21-32-5-3-15(34-21)13-2-1-4-31-20(13)38-16-7-14(24)19(18(26)17(16)25)35-39(36,37)10-22(27,28)29;/h1-5,7,11-12,30,35H,6,8-10H2,(H,32,33,34);1H/t11-,12-;/m0./s1. The Morgan fingerprint density at radius 2 is 1.82 bits per heavy atom. The number of piperidine rings is 1. The summed E-state index contributed by atoms with van der Waals surface area (Å²) >= 11 is 0. The maximum Gasteiger partial charge on any atom is 0.404 e. The van der Waals surface area contributed by atoms with Gasteiger partial charge in [0.2, 0.25) is 27.7 Å². The summed E-state index contributed by atoms with van der Waals surface area (Å²) < 4.78 is 124. The fraction of sp³-hybridized carbons (Fsp3) is 0.318. The van der Waals surface area contributed by atoms with Crippen LogP contribution in [0.15, 0.2) is 36.7 Å². The summed E-state index contributed by atoms with van der Waals surface area (Å²) in [4.78, 5) is 12.3. The summed E-state index contributed by atoms with van der Waals surface area (Å²) in [6, 6.07) is 4.28. The third-order valence-corrected chi connectivity index (χ3v) is 6.50. The lowest BCUT2D eigenvalue weighted by Gasteiger charge is -2.26. The number of rotatable bonds is 8. The molecule has 1 aliphatic rings. The molecule has 0 unspecified atom stereocenters. The van der Waals surface area contributed by atoms with Crippen LogP contribution in [0, 0.1) is 17.5 Å². The largest absolute Gasteiger partial charge is 0.435 e. The van der Waals surface area contributed by atoms with Crippen LogP contribution in [0.3, 0.4) is 0 Å². The number of hydrogen-bond acceptors (Lipinski definition) is 8. The summed E-state index contributed by atoms with van der Waals surface area (Å²) in [5.41, 5.74) is -1.33. The summed E-state index contributed by atoms with van der Waals surface area (Å²) in [5.74, 6) is -9.53. The quantitative estimate of drug-likeness (QED) is 0.249. The molecule has 3 heterocycles. The van der Waals surface area contributed by atoms with Gasteiger partial charge in [-0.2, -0.15) is 17.6 Å². The monoisotopic (exact) mass is 616 g/mol. The minimum atomic E-state index is -5.31. The van der Waals surface area contributed by atoms with Crippen molar-refractivity contribution in [3.63, 3.8) is 0 Å². The molecule has 9 nitrogen and oxygen atoms in total. The third kappa shape index (κ3) is 7.82. The van der Waals surface area contributed by atoms with Crippen LogP contribution in [0.25, 0.3) is 11.3 Å². The van der Waals surface area contributed by atoms with Crippen molar-refractivity contribution in [3.05, 3.63) is 54.1 Å². The highest BCUT2D eigenvalue weighted by Crippen LogP contribution is 2.36. The summed E-state index contributed by atoms with van der Waals surface area (Å²) in [7, 11) is -5.31. The normalized spacial score (nSPS) is 17.6. The highest BCUT2D eigenvalue weighted by molar-refractivity contribution is 7.92. The number of pyridine rings is 1. The van der Waals surface area contributed by atoms with Gasteiger partial charge in [-0.15, -0.1) is 12.4 Å². The molecular weight excluding hydrogens is 597 g/mol. The highest BCUT2D eigenvalue weighted by Gasteiger charge is 2.36. The van der Waals surface area contributed by atoms with E-state index < -0.39 is 57.0 Å². The lowest BCUT2D eigenvalue weighted by molar-refractivity contribution is -0.106. The van der Waals surface area contributed by atoms with E-state index in [1.807, 2.05) is 0 Å². The van der Waals surface area contributed by atoms with E-state index in [0.29, 0.717) is 6.54 Å². The lowest BCUT2D eigenvalue weighted by Crippen LogP contribution is -2.44. The maximum absolute atomic E-state index is 14.7. The second-order valence-corrected chi connectivity index (χ2v) is 10.1. The Morgan fingerprint density at radius 3 is 2.52 bits per heavy atom. The molecule has 3 aromatic rings. The highest BCUT2D eigenvalue weighted by atomic mass is 35.5. The number of hydrogen-bond donors (Lipinski definition) is 3. The molecule has 0 spiro atoms. The average molecular weight is 617 g/mol. The average Bonchev–Trinajstić information content (AvgIpc) is 2.84. The van der Waals surface area contributed by atoms with E-state index >= 15 is 0 Å². The molecule has 3 N–H and O–H groups in total. The number of benzene rings is 1. The van der Waals surface area contributed by atoms with Crippen molar-refractivity contribution >= 4 is 34.1 Å². The van der Waals surface area contributed by atoms with Crippen molar-refractivity contribution in [2.75, 3.05) is 28.9 Å². The Labute approximate surface area is 229 Å². The van der Waals surface area contributed by atoms with Crippen LogP contribution in [-0.4, -0.2) is 60.6 Å². The predicted octanol–water partition coefficient (Wildman–Crippen LogP) is 4.59. The number of nitrogens with zero attached hydrogens (tertiary/aromatic N) is 3. The zero-order chi connectivity index (χ0) is 28.4. The van der Waals surface area contributed by atoms with Gasteiger partial charge in [0.1, 0.15) is 11.9 Å². The van der Waals surface area contributed by atoms with Crippen LogP contribution in [-0.2, 0) is 10.0 Å². The van der Waals surface area contributed by atoms with Crippen LogP contribution in [0.4, 0.5) is 42.4 Å². The van der Waals surface area contributed by atoms with Crippen LogP contribution in [0.5, 0.6) is 11.6 Å². The first-order chi connectivity index (χ1) is 18.3. The number of halogens is 8. The molecule has 0 saturated carbocycles.